The van der Waals surface area contributed by atoms with Gasteiger partial charge in [-0.15, -0.1) is 0 Å². The highest BCUT2D eigenvalue weighted by atomic mass is 16.2. The lowest BCUT2D eigenvalue weighted by atomic mass is 9.73. The smallest absolute Gasteiger partial charge is 0.325 e. The molecular formula is C35H40N6O3. The molecule has 228 valence electrons. The van der Waals surface area contributed by atoms with Gasteiger partial charge < -0.3 is 21.7 Å². The van der Waals surface area contributed by atoms with Crippen LogP contribution in [-0.4, -0.2) is 65.3 Å². The number of nitrogens with two attached hydrogens (primary N) is 2. The van der Waals surface area contributed by atoms with Gasteiger partial charge in [0.2, 0.25) is 5.91 Å². The predicted octanol–water partition coefficient (Wildman–Crippen LogP) is 3.67. The molecule has 3 aromatic carbocycles. The van der Waals surface area contributed by atoms with Gasteiger partial charge in [-0.3, -0.25) is 14.6 Å². The number of aryl methyl sites for hydroxylation is 1. The Labute approximate surface area is 258 Å². The van der Waals surface area contributed by atoms with Gasteiger partial charge in [0, 0.05) is 25.6 Å². The largest absolute Gasteiger partial charge is 0.370 e. The van der Waals surface area contributed by atoms with E-state index in [1.54, 1.807) is 0 Å². The normalized spacial score (nSPS) is 19.6. The van der Waals surface area contributed by atoms with Crippen LogP contribution in [-0.2, 0) is 21.4 Å². The molecule has 9 nitrogen and oxygen atoms in total. The van der Waals surface area contributed by atoms with E-state index in [0.29, 0.717) is 32.5 Å². The third-order valence-electron chi connectivity index (χ3n) is 9.66. The number of hydrogen-bond donors (Lipinski definition) is 3. The van der Waals surface area contributed by atoms with E-state index < -0.39 is 29.9 Å². The van der Waals surface area contributed by atoms with Gasteiger partial charge in [-0.2, -0.15) is 0 Å². The molecule has 1 aliphatic carbocycles. The molecule has 0 bridgehead atoms. The fourth-order valence-electron chi connectivity index (χ4n) is 7.42. The van der Waals surface area contributed by atoms with Crippen LogP contribution in [0.1, 0.15) is 60.3 Å². The number of carbonyl (C=O) groups is 3. The highest BCUT2D eigenvalue weighted by molar-refractivity contribution is 6.08. The number of nitrogens with zero attached hydrogens (tertiary/aromatic N) is 3. The first-order valence-electron chi connectivity index (χ1n) is 15.5. The van der Waals surface area contributed by atoms with Crippen LogP contribution in [0.4, 0.5) is 4.79 Å². The Balaban J connectivity index is 1.32. The molecule has 0 aromatic heterocycles. The highest BCUT2D eigenvalue weighted by Gasteiger charge is 2.50. The van der Waals surface area contributed by atoms with Gasteiger partial charge in [-0.1, -0.05) is 84.9 Å². The van der Waals surface area contributed by atoms with Crippen molar-refractivity contribution in [2.75, 3.05) is 19.6 Å². The molecule has 0 saturated carbocycles. The minimum Gasteiger partial charge on any atom is -0.370 e. The van der Waals surface area contributed by atoms with E-state index in [9.17, 15) is 14.4 Å². The van der Waals surface area contributed by atoms with E-state index in [4.69, 9.17) is 11.5 Å². The highest BCUT2D eigenvalue weighted by Crippen LogP contribution is 2.46. The summed E-state index contributed by atoms with van der Waals surface area (Å²) < 4.78 is 0. The van der Waals surface area contributed by atoms with E-state index in [1.807, 2.05) is 65.6 Å². The van der Waals surface area contributed by atoms with E-state index in [2.05, 4.69) is 34.6 Å². The Bertz CT molecular complexity index is 1490. The fraction of sp³-hybridized carbons (Fsp3) is 0.371. The maximum atomic E-state index is 14.8. The number of nitrogens with one attached hydrogen (secondary N) is 1. The number of fused-ring (bicyclic) bond motifs is 2. The molecule has 2 heterocycles. The zero-order valence-electron chi connectivity index (χ0n) is 24.9. The average Bonchev–Trinajstić information content (AvgIpc) is 3.54. The van der Waals surface area contributed by atoms with Crippen molar-refractivity contribution in [3.05, 3.63) is 107 Å². The second kappa shape index (κ2) is 12.5. The number of piperidine rings is 1. The molecule has 3 aliphatic rings. The Morgan fingerprint density at radius 1 is 0.886 bits per heavy atom. The Morgan fingerprint density at radius 2 is 1.50 bits per heavy atom. The number of benzene rings is 3. The monoisotopic (exact) mass is 592 g/mol. The van der Waals surface area contributed by atoms with Crippen LogP contribution in [0.15, 0.2) is 89.9 Å². The van der Waals surface area contributed by atoms with Gasteiger partial charge in [0.25, 0.3) is 5.91 Å². The lowest BCUT2D eigenvalue weighted by Crippen LogP contribution is -2.56. The Hall–Kier alpha value is -4.66. The average molecular weight is 593 g/mol. The Kier molecular flexibility index (Phi) is 8.37. The van der Waals surface area contributed by atoms with Crippen molar-refractivity contribution >= 4 is 23.8 Å². The molecule has 1 spiro atoms. The number of hydrogen-bond acceptors (Lipinski definition) is 4. The molecule has 6 rings (SSSR count). The lowest BCUT2D eigenvalue weighted by Gasteiger charge is -2.43. The summed E-state index contributed by atoms with van der Waals surface area (Å²) in [6.45, 7) is 1.50. The standard InChI is InChI=1S/C35H40N6O3/c36-33(37)38-21-9-16-28-31(42)41(34(44)39-28)30(29(25-11-3-1-4-12-25)26-13-5-2-6-14-26)32(43)40-22-19-35(20-23-40)18-17-24-10-7-8-15-27(24)35/h1-8,10-15,28-30H,9,16-23H2,(H,39,44)(H4,36,37,38)/t28-,30-/m1/s1. The SMILES string of the molecule is NC(N)=NCCC[C@H]1NC(=O)N([C@@H](C(=O)N2CCC3(CCc4ccccc43)CC2)C(c2ccccc2)c2ccccc2)C1=O. The number of guanidine groups is 1. The van der Waals surface area contributed by atoms with Crippen molar-refractivity contribution in [1.82, 2.24) is 15.1 Å². The van der Waals surface area contributed by atoms with Crippen molar-refractivity contribution in [3.63, 3.8) is 0 Å². The molecule has 4 amide bonds. The summed E-state index contributed by atoms with van der Waals surface area (Å²) in [5.74, 6) is -1.15. The third-order valence-corrected chi connectivity index (χ3v) is 9.66. The molecule has 2 atom stereocenters. The van der Waals surface area contributed by atoms with Gasteiger partial charge in [0.15, 0.2) is 5.96 Å². The van der Waals surface area contributed by atoms with Gasteiger partial charge in [-0.25, -0.2) is 9.69 Å². The van der Waals surface area contributed by atoms with Crippen LogP contribution in [0, 0.1) is 0 Å². The minimum atomic E-state index is -1.04. The topological polar surface area (TPSA) is 134 Å². The zero-order chi connectivity index (χ0) is 30.7. The quantitative estimate of drug-likeness (QED) is 0.151. The van der Waals surface area contributed by atoms with E-state index in [0.717, 1.165) is 36.8 Å². The molecule has 2 aliphatic heterocycles. The number of urea groups is 1. The van der Waals surface area contributed by atoms with Gasteiger partial charge in [0.1, 0.15) is 12.1 Å². The first kappa shape index (κ1) is 29.4. The zero-order valence-corrected chi connectivity index (χ0v) is 24.9. The van der Waals surface area contributed by atoms with Crippen molar-refractivity contribution in [3.8, 4) is 0 Å². The van der Waals surface area contributed by atoms with Crippen molar-refractivity contribution in [2.45, 2.75) is 61.9 Å². The number of amides is 4. The van der Waals surface area contributed by atoms with Crippen LogP contribution in [0.2, 0.25) is 0 Å². The van der Waals surface area contributed by atoms with Crippen LogP contribution < -0.4 is 16.8 Å². The predicted molar refractivity (Wildman–Crippen MR) is 170 cm³/mol. The molecule has 0 unspecified atom stereocenters. The maximum absolute atomic E-state index is 14.8. The summed E-state index contributed by atoms with van der Waals surface area (Å²) in [5, 5.41) is 2.84. The Morgan fingerprint density at radius 3 is 2.14 bits per heavy atom. The van der Waals surface area contributed by atoms with Crippen molar-refractivity contribution < 1.29 is 14.4 Å². The van der Waals surface area contributed by atoms with Crippen molar-refractivity contribution in [1.29, 1.82) is 0 Å². The molecule has 0 radical (unpaired) electrons. The summed E-state index contributed by atoms with van der Waals surface area (Å²) in [5.41, 5.74) is 15.5. The molecule has 44 heavy (non-hydrogen) atoms. The van der Waals surface area contributed by atoms with Gasteiger partial charge >= 0.3 is 6.03 Å². The summed E-state index contributed by atoms with van der Waals surface area (Å²) in [4.78, 5) is 49.4. The van der Waals surface area contributed by atoms with Crippen LogP contribution in [0.5, 0.6) is 0 Å². The summed E-state index contributed by atoms with van der Waals surface area (Å²) in [6.07, 6.45) is 4.74. The fourth-order valence-corrected chi connectivity index (χ4v) is 7.42. The first-order chi connectivity index (χ1) is 21.4. The van der Waals surface area contributed by atoms with Crippen LogP contribution in [0.3, 0.4) is 0 Å². The number of carbonyl (C=O) groups excluding carboxylic acids is 3. The van der Waals surface area contributed by atoms with Gasteiger partial charge in [-0.05, 0) is 66.2 Å². The second-order valence-electron chi connectivity index (χ2n) is 12.2. The van der Waals surface area contributed by atoms with E-state index in [1.165, 1.54) is 16.0 Å². The number of imide groups is 1. The molecular weight excluding hydrogens is 552 g/mol. The molecule has 2 fully saturated rings. The van der Waals surface area contributed by atoms with E-state index in [-0.39, 0.29) is 17.3 Å². The van der Waals surface area contributed by atoms with Crippen LogP contribution in [0.25, 0.3) is 0 Å². The molecule has 2 saturated heterocycles. The number of likely N-dealkylation sites (tertiary alicyclic amines) is 1. The van der Waals surface area contributed by atoms with Gasteiger partial charge in [0.05, 0.1) is 0 Å². The van der Waals surface area contributed by atoms with E-state index >= 15 is 0 Å². The van der Waals surface area contributed by atoms with Crippen molar-refractivity contribution in [2.24, 2.45) is 16.5 Å². The summed E-state index contributed by atoms with van der Waals surface area (Å²) >= 11 is 0. The minimum absolute atomic E-state index is 0.0166. The molecule has 5 N–H and O–H groups in total. The number of aliphatic imine (C=N–C) groups is 1. The summed E-state index contributed by atoms with van der Waals surface area (Å²) in [7, 11) is 0. The molecule has 3 aromatic rings. The summed E-state index contributed by atoms with van der Waals surface area (Å²) in [6, 6.07) is 25.7. The first-order valence-corrected chi connectivity index (χ1v) is 15.5. The van der Waals surface area contributed by atoms with Crippen LogP contribution >= 0.6 is 0 Å². The lowest BCUT2D eigenvalue weighted by molar-refractivity contribution is -0.143. The third kappa shape index (κ3) is 5.66. The second-order valence-corrected chi connectivity index (χ2v) is 12.2. The maximum Gasteiger partial charge on any atom is 0.325 e. The number of rotatable bonds is 9. The molecule has 9 heteroatoms.